The molecule has 6 heteroatoms. The van der Waals surface area contributed by atoms with Gasteiger partial charge in [-0.2, -0.15) is 5.10 Å². The number of aryl methyl sites for hydroxylation is 3. The normalized spacial score (nSPS) is 11.0. The standard InChI is InChI=1S/C22H19N3O3/c1-13-10-21(26)28-20-9-14(2)17(11-16(13)20)23-22(27)18-12-19(25(3)24-18)15-7-5-4-6-8-15/h4-12H,1-3H3,(H,23,27). The van der Waals surface area contributed by atoms with E-state index in [0.717, 1.165) is 27.8 Å². The molecule has 1 amide bonds. The average molecular weight is 373 g/mol. The molecule has 4 rings (SSSR count). The molecule has 0 saturated carbocycles. The number of nitrogens with one attached hydrogen (secondary N) is 1. The van der Waals surface area contributed by atoms with Crippen molar-refractivity contribution >= 4 is 22.6 Å². The molecule has 28 heavy (non-hydrogen) atoms. The molecule has 1 N–H and O–H groups in total. The molecule has 2 aromatic carbocycles. The van der Waals surface area contributed by atoms with Gasteiger partial charge in [-0.25, -0.2) is 4.79 Å². The number of hydrogen-bond acceptors (Lipinski definition) is 4. The van der Waals surface area contributed by atoms with E-state index in [1.807, 2.05) is 57.3 Å². The number of anilines is 1. The van der Waals surface area contributed by atoms with E-state index in [4.69, 9.17) is 4.42 Å². The number of aromatic nitrogens is 2. The Bertz CT molecular complexity index is 1250. The molecule has 0 radical (unpaired) electrons. The zero-order valence-electron chi connectivity index (χ0n) is 15.8. The van der Waals surface area contributed by atoms with E-state index in [0.29, 0.717) is 17.0 Å². The van der Waals surface area contributed by atoms with Crippen molar-refractivity contribution in [1.82, 2.24) is 9.78 Å². The monoisotopic (exact) mass is 373 g/mol. The number of benzene rings is 2. The SMILES string of the molecule is Cc1cc2oc(=O)cc(C)c2cc1NC(=O)c1cc(-c2ccccc2)n(C)n1. The number of amides is 1. The number of hydrogen-bond donors (Lipinski definition) is 1. The van der Waals surface area contributed by atoms with Crippen molar-refractivity contribution in [3.05, 3.63) is 81.8 Å². The maximum absolute atomic E-state index is 12.8. The zero-order chi connectivity index (χ0) is 19.8. The Morgan fingerprint density at radius 2 is 1.79 bits per heavy atom. The third-order valence-corrected chi connectivity index (χ3v) is 4.73. The van der Waals surface area contributed by atoms with Gasteiger partial charge in [-0.3, -0.25) is 9.48 Å². The smallest absolute Gasteiger partial charge is 0.336 e. The van der Waals surface area contributed by atoms with Crippen molar-refractivity contribution in [2.24, 2.45) is 7.05 Å². The molecule has 0 aliphatic carbocycles. The maximum atomic E-state index is 12.8. The Morgan fingerprint density at radius 3 is 2.54 bits per heavy atom. The molecule has 0 spiro atoms. The number of fused-ring (bicyclic) bond motifs is 1. The van der Waals surface area contributed by atoms with E-state index in [-0.39, 0.29) is 11.5 Å². The van der Waals surface area contributed by atoms with E-state index in [9.17, 15) is 9.59 Å². The van der Waals surface area contributed by atoms with Crippen LogP contribution in [0.15, 0.2) is 63.8 Å². The first-order chi connectivity index (χ1) is 13.4. The average Bonchev–Trinajstić information content (AvgIpc) is 3.05. The predicted octanol–water partition coefficient (Wildman–Crippen LogP) is 4.06. The second-order valence-electron chi connectivity index (χ2n) is 6.77. The van der Waals surface area contributed by atoms with Crippen LogP contribution in [0.25, 0.3) is 22.2 Å². The van der Waals surface area contributed by atoms with Gasteiger partial charge in [0, 0.05) is 24.2 Å². The minimum atomic E-state index is -0.386. The van der Waals surface area contributed by atoms with Gasteiger partial charge in [-0.15, -0.1) is 0 Å². The molecule has 0 aliphatic rings. The molecule has 0 bridgehead atoms. The molecule has 0 fully saturated rings. The van der Waals surface area contributed by atoms with Crippen LogP contribution in [0.5, 0.6) is 0 Å². The van der Waals surface area contributed by atoms with Gasteiger partial charge in [0.15, 0.2) is 5.69 Å². The molecule has 0 saturated heterocycles. The van der Waals surface area contributed by atoms with E-state index in [1.165, 1.54) is 6.07 Å². The van der Waals surface area contributed by atoms with Crippen LogP contribution in [0.1, 0.15) is 21.6 Å². The van der Waals surface area contributed by atoms with E-state index in [2.05, 4.69) is 10.4 Å². The summed E-state index contributed by atoms with van der Waals surface area (Å²) in [5.74, 6) is -0.296. The Labute approximate surface area is 161 Å². The van der Waals surface area contributed by atoms with Crippen LogP contribution >= 0.6 is 0 Å². The number of rotatable bonds is 3. The van der Waals surface area contributed by atoms with Gasteiger partial charge < -0.3 is 9.73 Å². The molecule has 0 unspecified atom stereocenters. The van der Waals surface area contributed by atoms with Gasteiger partial charge in [-0.05, 0) is 48.7 Å². The lowest BCUT2D eigenvalue weighted by Crippen LogP contribution is -2.14. The van der Waals surface area contributed by atoms with Crippen molar-refractivity contribution in [2.75, 3.05) is 5.32 Å². The maximum Gasteiger partial charge on any atom is 0.336 e. The Balaban J connectivity index is 1.67. The summed E-state index contributed by atoms with van der Waals surface area (Å²) in [6.45, 7) is 3.69. The lowest BCUT2D eigenvalue weighted by molar-refractivity contribution is 0.102. The highest BCUT2D eigenvalue weighted by atomic mass is 16.4. The summed E-state index contributed by atoms with van der Waals surface area (Å²) >= 11 is 0. The summed E-state index contributed by atoms with van der Waals surface area (Å²) in [5, 5.41) is 8.05. The molecule has 2 aromatic heterocycles. The Hall–Kier alpha value is -3.67. The lowest BCUT2D eigenvalue weighted by Gasteiger charge is -2.09. The lowest BCUT2D eigenvalue weighted by atomic mass is 10.1. The van der Waals surface area contributed by atoms with Crippen LogP contribution in [0.2, 0.25) is 0 Å². The largest absolute Gasteiger partial charge is 0.423 e. The van der Waals surface area contributed by atoms with Crippen LogP contribution in [0, 0.1) is 13.8 Å². The highest BCUT2D eigenvalue weighted by Gasteiger charge is 2.16. The molecule has 2 heterocycles. The first-order valence-electron chi connectivity index (χ1n) is 8.88. The van der Waals surface area contributed by atoms with Crippen LogP contribution in [0.4, 0.5) is 5.69 Å². The molecular weight excluding hydrogens is 354 g/mol. The van der Waals surface area contributed by atoms with Crippen LogP contribution in [-0.2, 0) is 7.05 Å². The summed E-state index contributed by atoms with van der Waals surface area (Å²) in [6.07, 6.45) is 0. The predicted molar refractivity (Wildman–Crippen MR) is 109 cm³/mol. The van der Waals surface area contributed by atoms with Gasteiger partial charge in [0.1, 0.15) is 5.58 Å². The Morgan fingerprint density at radius 1 is 1.04 bits per heavy atom. The summed E-state index contributed by atoms with van der Waals surface area (Å²) in [4.78, 5) is 24.3. The quantitative estimate of drug-likeness (QED) is 0.549. The van der Waals surface area contributed by atoms with Crippen molar-refractivity contribution in [2.45, 2.75) is 13.8 Å². The van der Waals surface area contributed by atoms with E-state index in [1.54, 1.807) is 16.8 Å². The van der Waals surface area contributed by atoms with Gasteiger partial charge in [0.05, 0.1) is 5.69 Å². The third-order valence-electron chi connectivity index (χ3n) is 4.73. The van der Waals surface area contributed by atoms with E-state index >= 15 is 0 Å². The summed E-state index contributed by atoms with van der Waals surface area (Å²) in [5.41, 5.74) is 4.55. The zero-order valence-corrected chi connectivity index (χ0v) is 15.8. The number of nitrogens with zero attached hydrogens (tertiary/aromatic N) is 2. The fourth-order valence-electron chi connectivity index (χ4n) is 3.24. The topological polar surface area (TPSA) is 77.1 Å². The molecular formula is C22H19N3O3. The highest BCUT2D eigenvalue weighted by molar-refractivity contribution is 6.05. The fourth-order valence-corrected chi connectivity index (χ4v) is 3.24. The molecule has 140 valence electrons. The van der Waals surface area contributed by atoms with Gasteiger partial charge in [0.25, 0.3) is 5.91 Å². The first-order valence-corrected chi connectivity index (χ1v) is 8.88. The van der Waals surface area contributed by atoms with Gasteiger partial charge in [-0.1, -0.05) is 30.3 Å². The molecule has 4 aromatic rings. The minimum absolute atomic E-state index is 0.296. The number of carbonyl (C=O) groups excluding carboxylic acids is 1. The molecule has 6 nitrogen and oxygen atoms in total. The van der Waals surface area contributed by atoms with Crippen molar-refractivity contribution < 1.29 is 9.21 Å². The van der Waals surface area contributed by atoms with Crippen LogP contribution in [0.3, 0.4) is 0 Å². The summed E-state index contributed by atoms with van der Waals surface area (Å²) < 4.78 is 6.94. The van der Waals surface area contributed by atoms with Gasteiger partial charge in [0.2, 0.25) is 0 Å². The van der Waals surface area contributed by atoms with Crippen LogP contribution < -0.4 is 10.9 Å². The minimum Gasteiger partial charge on any atom is -0.423 e. The third kappa shape index (κ3) is 3.20. The van der Waals surface area contributed by atoms with Crippen molar-refractivity contribution in [1.29, 1.82) is 0 Å². The molecule has 0 aliphatic heterocycles. The van der Waals surface area contributed by atoms with Crippen LogP contribution in [-0.4, -0.2) is 15.7 Å². The molecule has 0 atom stereocenters. The summed E-state index contributed by atoms with van der Waals surface area (Å²) in [7, 11) is 1.81. The van der Waals surface area contributed by atoms with Crippen molar-refractivity contribution in [3.8, 4) is 11.3 Å². The number of carbonyl (C=O) groups is 1. The summed E-state index contributed by atoms with van der Waals surface area (Å²) in [6, 6.07) is 16.6. The van der Waals surface area contributed by atoms with E-state index < -0.39 is 0 Å². The second kappa shape index (κ2) is 6.81. The fraction of sp³-hybridized carbons (Fsp3) is 0.136. The first kappa shape index (κ1) is 17.7. The highest BCUT2D eigenvalue weighted by Crippen LogP contribution is 2.26. The second-order valence-corrected chi connectivity index (χ2v) is 6.77. The van der Waals surface area contributed by atoms with Crippen molar-refractivity contribution in [3.63, 3.8) is 0 Å². The van der Waals surface area contributed by atoms with Gasteiger partial charge >= 0.3 is 5.63 Å². The Kier molecular flexibility index (Phi) is 4.31.